The third-order valence-corrected chi connectivity index (χ3v) is 1.09. The Hall–Kier alpha value is -0.630. The van der Waals surface area contributed by atoms with Gasteiger partial charge in [-0.25, -0.2) is 8.78 Å². The number of benzene rings is 1. The molecule has 0 spiro atoms. The summed E-state index contributed by atoms with van der Waals surface area (Å²) in [5.74, 6) is -1.31. The fraction of sp³-hybridized carbons (Fsp3) is 0. The quantitative estimate of drug-likeness (QED) is 0.495. The van der Waals surface area contributed by atoms with E-state index in [-0.39, 0.29) is 5.02 Å². The molecule has 1 aromatic carbocycles. The van der Waals surface area contributed by atoms with Crippen LogP contribution in [-0.4, -0.2) is 0 Å². The summed E-state index contributed by atoms with van der Waals surface area (Å²) in [4.78, 5) is 0. The zero-order valence-corrected chi connectivity index (χ0v) is 5.04. The van der Waals surface area contributed by atoms with Gasteiger partial charge in [0.25, 0.3) is 0 Å². The SMILES string of the molecule is Fc1[c]c(Cl)c(F)cc1. The molecular formula is C6H2ClF2. The Bertz CT molecular complexity index is 222. The van der Waals surface area contributed by atoms with Crippen molar-refractivity contribution in [2.75, 3.05) is 0 Å². The first-order valence-electron chi connectivity index (χ1n) is 2.23. The number of halogens is 3. The molecule has 47 valence electrons. The average Bonchev–Trinajstić information content (AvgIpc) is 1.80. The molecule has 0 nitrogen and oxygen atoms in total. The van der Waals surface area contributed by atoms with Crippen molar-refractivity contribution in [3.05, 3.63) is 34.9 Å². The summed E-state index contributed by atoms with van der Waals surface area (Å²) >= 11 is 5.14. The third-order valence-electron chi connectivity index (χ3n) is 0.815. The molecule has 0 fully saturated rings. The van der Waals surface area contributed by atoms with Crippen LogP contribution in [0.5, 0.6) is 0 Å². The second kappa shape index (κ2) is 2.31. The van der Waals surface area contributed by atoms with E-state index in [1.54, 1.807) is 0 Å². The lowest BCUT2D eigenvalue weighted by atomic mass is 10.3. The van der Waals surface area contributed by atoms with Gasteiger partial charge in [0, 0.05) is 6.07 Å². The first-order chi connectivity index (χ1) is 4.20. The Morgan fingerprint density at radius 3 is 2.44 bits per heavy atom. The first kappa shape index (κ1) is 6.49. The van der Waals surface area contributed by atoms with Gasteiger partial charge in [0.1, 0.15) is 11.6 Å². The second-order valence-electron chi connectivity index (χ2n) is 1.47. The Morgan fingerprint density at radius 1 is 1.33 bits per heavy atom. The van der Waals surface area contributed by atoms with E-state index in [0.29, 0.717) is 0 Å². The van der Waals surface area contributed by atoms with Crippen LogP contribution < -0.4 is 0 Å². The molecule has 0 unspecified atom stereocenters. The van der Waals surface area contributed by atoms with Crippen molar-refractivity contribution in [2.24, 2.45) is 0 Å². The highest BCUT2D eigenvalue weighted by molar-refractivity contribution is 6.30. The molecule has 1 radical (unpaired) electrons. The van der Waals surface area contributed by atoms with Gasteiger partial charge in [-0.1, -0.05) is 11.6 Å². The van der Waals surface area contributed by atoms with Crippen molar-refractivity contribution in [1.82, 2.24) is 0 Å². The predicted octanol–water partition coefficient (Wildman–Crippen LogP) is 2.42. The van der Waals surface area contributed by atoms with Crippen molar-refractivity contribution < 1.29 is 8.78 Å². The summed E-state index contributed by atoms with van der Waals surface area (Å²) in [7, 11) is 0. The maximum atomic E-state index is 12.2. The zero-order chi connectivity index (χ0) is 6.85. The van der Waals surface area contributed by atoms with Crippen molar-refractivity contribution in [3.63, 3.8) is 0 Å². The highest BCUT2D eigenvalue weighted by Crippen LogP contribution is 2.13. The maximum absolute atomic E-state index is 12.2. The standard InChI is InChI=1S/C6H2ClF2/c7-5-3-4(8)1-2-6(5)9/h1-2H. The number of rotatable bonds is 0. The van der Waals surface area contributed by atoms with E-state index >= 15 is 0 Å². The molecule has 0 aliphatic heterocycles. The van der Waals surface area contributed by atoms with Crippen molar-refractivity contribution in [2.45, 2.75) is 0 Å². The summed E-state index contributed by atoms with van der Waals surface area (Å²) in [6, 6.07) is 3.87. The molecule has 0 amide bonds. The van der Waals surface area contributed by atoms with E-state index in [2.05, 4.69) is 0 Å². The lowest BCUT2D eigenvalue weighted by Gasteiger charge is -1.89. The smallest absolute Gasteiger partial charge is 0.142 e. The molecule has 1 rings (SSSR count). The van der Waals surface area contributed by atoms with Crippen LogP contribution in [0.15, 0.2) is 12.1 Å². The van der Waals surface area contributed by atoms with Gasteiger partial charge in [-0.15, -0.1) is 0 Å². The maximum Gasteiger partial charge on any atom is 0.142 e. The fourth-order valence-electron chi connectivity index (χ4n) is 0.426. The minimum atomic E-state index is -0.655. The van der Waals surface area contributed by atoms with Gasteiger partial charge in [0.05, 0.1) is 5.02 Å². The molecule has 0 atom stereocenters. The molecular weight excluding hydrogens is 146 g/mol. The summed E-state index contributed by atoms with van der Waals surface area (Å²) < 4.78 is 24.2. The van der Waals surface area contributed by atoms with Gasteiger partial charge in [-0.3, -0.25) is 0 Å². The van der Waals surface area contributed by atoms with Gasteiger partial charge >= 0.3 is 0 Å². The summed E-state index contributed by atoms with van der Waals surface area (Å²) in [5, 5.41) is -0.310. The minimum Gasteiger partial charge on any atom is -0.206 e. The molecule has 0 saturated carbocycles. The Balaban J connectivity index is 3.17. The summed E-state index contributed by atoms with van der Waals surface area (Å²) in [6.45, 7) is 0. The average molecular weight is 148 g/mol. The largest absolute Gasteiger partial charge is 0.206 e. The van der Waals surface area contributed by atoms with Crippen LogP contribution in [0.1, 0.15) is 0 Å². The molecule has 0 N–H and O–H groups in total. The highest BCUT2D eigenvalue weighted by atomic mass is 35.5. The van der Waals surface area contributed by atoms with Crippen molar-refractivity contribution in [3.8, 4) is 0 Å². The molecule has 0 aromatic heterocycles. The van der Waals surface area contributed by atoms with Crippen molar-refractivity contribution in [1.29, 1.82) is 0 Å². The Labute approximate surface area is 56.1 Å². The Kier molecular flexibility index (Phi) is 1.67. The van der Waals surface area contributed by atoms with Gasteiger partial charge in [0.2, 0.25) is 0 Å². The Morgan fingerprint density at radius 2 is 2.00 bits per heavy atom. The first-order valence-corrected chi connectivity index (χ1v) is 2.61. The lowest BCUT2D eigenvalue weighted by Crippen LogP contribution is -1.78. The second-order valence-corrected chi connectivity index (χ2v) is 1.85. The number of hydrogen-bond donors (Lipinski definition) is 0. The molecule has 9 heavy (non-hydrogen) atoms. The molecule has 0 bridgehead atoms. The summed E-state index contributed by atoms with van der Waals surface area (Å²) in [5.41, 5.74) is 0. The summed E-state index contributed by atoms with van der Waals surface area (Å²) in [6.07, 6.45) is 0. The zero-order valence-electron chi connectivity index (χ0n) is 4.29. The van der Waals surface area contributed by atoms with Crippen LogP contribution in [0.3, 0.4) is 0 Å². The van der Waals surface area contributed by atoms with E-state index < -0.39 is 11.6 Å². The molecule has 1 aromatic rings. The van der Waals surface area contributed by atoms with Crippen LogP contribution in [0, 0.1) is 17.7 Å². The molecule has 0 aliphatic carbocycles. The van der Waals surface area contributed by atoms with E-state index in [0.717, 1.165) is 12.1 Å². The third kappa shape index (κ3) is 1.39. The van der Waals surface area contributed by atoms with Gasteiger partial charge in [0.15, 0.2) is 0 Å². The fourth-order valence-corrected chi connectivity index (χ4v) is 0.579. The topological polar surface area (TPSA) is 0 Å². The van der Waals surface area contributed by atoms with Gasteiger partial charge in [-0.2, -0.15) is 0 Å². The van der Waals surface area contributed by atoms with Crippen molar-refractivity contribution >= 4 is 11.6 Å². The minimum absolute atomic E-state index is 0.310. The van der Waals surface area contributed by atoms with Gasteiger partial charge < -0.3 is 0 Å². The van der Waals surface area contributed by atoms with Crippen LogP contribution in [-0.2, 0) is 0 Å². The lowest BCUT2D eigenvalue weighted by molar-refractivity contribution is 0.598. The normalized spacial score (nSPS) is 9.67. The van der Waals surface area contributed by atoms with Crippen LogP contribution >= 0.6 is 11.6 Å². The van der Waals surface area contributed by atoms with E-state index in [1.807, 2.05) is 6.07 Å². The van der Waals surface area contributed by atoms with Crippen LogP contribution in [0.25, 0.3) is 0 Å². The highest BCUT2D eigenvalue weighted by Gasteiger charge is 1.98. The van der Waals surface area contributed by atoms with Crippen LogP contribution in [0.4, 0.5) is 8.78 Å². The molecule has 0 aliphatic rings. The molecule has 0 heterocycles. The number of hydrogen-bond acceptors (Lipinski definition) is 0. The van der Waals surface area contributed by atoms with E-state index in [1.165, 1.54) is 0 Å². The van der Waals surface area contributed by atoms with Crippen LogP contribution in [0.2, 0.25) is 5.02 Å². The van der Waals surface area contributed by atoms with E-state index in [4.69, 9.17) is 11.6 Å². The molecule has 3 heteroatoms. The monoisotopic (exact) mass is 147 g/mol. The van der Waals surface area contributed by atoms with Gasteiger partial charge in [-0.05, 0) is 12.1 Å². The van der Waals surface area contributed by atoms with E-state index in [9.17, 15) is 8.78 Å². The molecule has 0 saturated heterocycles. The predicted molar refractivity (Wildman–Crippen MR) is 30.2 cm³/mol.